The number of Topliss-reactive ketones (excluding diaryl/α,β-unsaturated/α-hetero) is 1. The normalized spacial score (nSPS) is 20.5. The van der Waals surface area contributed by atoms with Gasteiger partial charge in [0.2, 0.25) is 0 Å². The third kappa shape index (κ3) is 4.39. The number of ketones is 1. The molecule has 3 nitrogen and oxygen atoms in total. The molecule has 1 fully saturated rings. The van der Waals surface area contributed by atoms with Crippen LogP contribution in [0.3, 0.4) is 0 Å². The van der Waals surface area contributed by atoms with E-state index in [0.29, 0.717) is 6.42 Å². The molecule has 0 atom stereocenters. The molecule has 0 bridgehead atoms. The van der Waals surface area contributed by atoms with Gasteiger partial charge in [-0.05, 0) is 32.7 Å². The van der Waals surface area contributed by atoms with Crippen molar-refractivity contribution in [2.24, 2.45) is 0 Å². The Morgan fingerprint density at radius 3 is 2.62 bits per heavy atom. The minimum Gasteiger partial charge on any atom is -0.393 e. The van der Waals surface area contributed by atoms with E-state index in [4.69, 9.17) is 0 Å². The third-order valence-corrected chi connectivity index (χ3v) is 2.56. The van der Waals surface area contributed by atoms with E-state index in [0.717, 1.165) is 38.9 Å². The molecule has 0 radical (unpaired) electrons. The minimum absolute atomic E-state index is 0.0935. The van der Waals surface area contributed by atoms with E-state index in [1.54, 1.807) is 6.92 Å². The van der Waals surface area contributed by atoms with E-state index in [1.807, 2.05) is 0 Å². The molecular weight excluding hydrogens is 166 g/mol. The van der Waals surface area contributed by atoms with Crippen LogP contribution in [0.1, 0.15) is 32.6 Å². The van der Waals surface area contributed by atoms with Crippen LogP contribution in [0.15, 0.2) is 0 Å². The van der Waals surface area contributed by atoms with Crippen LogP contribution in [-0.4, -0.2) is 41.5 Å². The average molecular weight is 185 g/mol. The molecule has 1 aliphatic rings. The van der Waals surface area contributed by atoms with E-state index < -0.39 is 0 Å². The fourth-order valence-electron chi connectivity index (χ4n) is 1.69. The summed E-state index contributed by atoms with van der Waals surface area (Å²) >= 11 is 0. The lowest BCUT2D eigenvalue weighted by Gasteiger charge is -2.29. The van der Waals surface area contributed by atoms with Crippen molar-refractivity contribution in [3.8, 4) is 0 Å². The zero-order valence-electron chi connectivity index (χ0n) is 8.33. The van der Waals surface area contributed by atoms with Gasteiger partial charge in [0.05, 0.1) is 6.10 Å². The fourth-order valence-corrected chi connectivity index (χ4v) is 1.69. The largest absolute Gasteiger partial charge is 0.393 e. The first-order chi connectivity index (χ1) is 6.18. The molecule has 0 saturated carbocycles. The van der Waals surface area contributed by atoms with Crippen molar-refractivity contribution >= 4 is 5.78 Å². The number of likely N-dealkylation sites (tertiary alicyclic amines) is 1. The quantitative estimate of drug-likeness (QED) is 0.704. The van der Waals surface area contributed by atoms with Crippen LogP contribution in [0.2, 0.25) is 0 Å². The monoisotopic (exact) mass is 185 g/mol. The van der Waals surface area contributed by atoms with Gasteiger partial charge in [-0.1, -0.05) is 0 Å². The van der Waals surface area contributed by atoms with Gasteiger partial charge in [-0.25, -0.2) is 0 Å². The molecule has 3 heteroatoms. The molecule has 1 heterocycles. The highest BCUT2D eigenvalue weighted by molar-refractivity contribution is 5.75. The Morgan fingerprint density at radius 1 is 1.46 bits per heavy atom. The second-order valence-corrected chi connectivity index (χ2v) is 3.88. The summed E-state index contributed by atoms with van der Waals surface area (Å²) in [5.41, 5.74) is 0. The minimum atomic E-state index is -0.0935. The van der Waals surface area contributed by atoms with Crippen LogP contribution >= 0.6 is 0 Å². The third-order valence-electron chi connectivity index (χ3n) is 2.56. The smallest absolute Gasteiger partial charge is 0.129 e. The second kappa shape index (κ2) is 5.35. The standard InChI is InChI=1S/C10H19NO2/c1-9(12)3-2-6-11-7-4-10(13)5-8-11/h10,13H,2-8H2,1H3. The maximum atomic E-state index is 10.7. The Labute approximate surface area is 79.7 Å². The molecule has 1 N–H and O–H groups in total. The summed E-state index contributed by atoms with van der Waals surface area (Å²) in [4.78, 5) is 13.0. The molecule has 1 aliphatic heterocycles. The maximum Gasteiger partial charge on any atom is 0.129 e. The summed E-state index contributed by atoms with van der Waals surface area (Å²) in [5, 5.41) is 9.26. The van der Waals surface area contributed by atoms with Gasteiger partial charge in [-0.3, -0.25) is 0 Å². The lowest BCUT2D eigenvalue weighted by atomic mass is 10.1. The van der Waals surface area contributed by atoms with Crippen molar-refractivity contribution in [1.29, 1.82) is 0 Å². The Hall–Kier alpha value is -0.410. The number of nitrogens with zero attached hydrogens (tertiary/aromatic N) is 1. The number of aliphatic hydroxyl groups excluding tert-OH is 1. The lowest BCUT2D eigenvalue weighted by Crippen LogP contribution is -2.36. The van der Waals surface area contributed by atoms with Crippen LogP contribution in [0.4, 0.5) is 0 Å². The van der Waals surface area contributed by atoms with Crippen LogP contribution in [-0.2, 0) is 4.79 Å². The van der Waals surface area contributed by atoms with Crippen LogP contribution in [0, 0.1) is 0 Å². The molecule has 1 rings (SSSR count). The number of aliphatic hydroxyl groups is 1. The molecule has 76 valence electrons. The van der Waals surface area contributed by atoms with Crippen molar-refractivity contribution < 1.29 is 9.90 Å². The van der Waals surface area contributed by atoms with Crippen molar-refractivity contribution in [1.82, 2.24) is 4.90 Å². The molecule has 0 aliphatic carbocycles. The number of piperidine rings is 1. The van der Waals surface area contributed by atoms with E-state index in [9.17, 15) is 9.90 Å². The summed E-state index contributed by atoms with van der Waals surface area (Å²) in [6.45, 7) is 4.62. The molecule has 0 aromatic heterocycles. The SMILES string of the molecule is CC(=O)CCCN1CCC(O)CC1. The molecule has 0 aromatic rings. The first-order valence-electron chi connectivity index (χ1n) is 5.08. The Morgan fingerprint density at radius 2 is 2.08 bits per heavy atom. The number of carbonyl (C=O) groups excluding carboxylic acids is 1. The van der Waals surface area contributed by atoms with E-state index in [2.05, 4.69) is 4.90 Å². The second-order valence-electron chi connectivity index (χ2n) is 3.88. The van der Waals surface area contributed by atoms with Gasteiger partial charge in [0.25, 0.3) is 0 Å². The molecule has 0 aromatic carbocycles. The van der Waals surface area contributed by atoms with Gasteiger partial charge in [-0.2, -0.15) is 0 Å². The Balaban J connectivity index is 2.05. The van der Waals surface area contributed by atoms with Gasteiger partial charge < -0.3 is 14.8 Å². The zero-order valence-corrected chi connectivity index (χ0v) is 8.33. The molecular formula is C10H19NO2. The van der Waals surface area contributed by atoms with Crippen LogP contribution < -0.4 is 0 Å². The molecule has 0 spiro atoms. The number of hydrogen-bond acceptors (Lipinski definition) is 3. The number of rotatable bonds is 4. The Bertz CT molecular complexity index is 162. The van der Waals surface area contributed by atoms with Crippen LogP contribution in [0.25, 0.3) is 0 Å². The topological polar surface area (TPSA) is 40.5 Å². The highest BCUT2D eigenvalue weighted by Crippen LogP contribution is 2.10. The summed E-state index contributed by atoms with van der Waals surface area (Å²) < 4.78 is 0. The summed E-state index contributed by atoms with van der Waals surface area (Å²) in [5.74, 6) is 0.275. The highest BCUT2D eigenvalue weighted by atomic mass is 16.3. The zero-order chi connectivity index (χ0) is 9.68. The average Bonchev–Trinajstić information content (AvgIpc) is 2.08. The van der Waals surface area contributed by atoms with Crippen molar-refractivity contribution in [3.63, 3.8) is 0 Å². The molecule has 13 heavy (non-hydrogen) atoms. The van der Waals surface area contributed by atoms with Gasteiger partial charge in [0.1, 0.15) is 5.78 Å². The fraction of sp³-hybridized carbons (Fsp3) is 0.900. The van der Waals surface area contributed by atoms with Gasteiger partial charge in [0.15, 0.2) is 0 Å². The summed E-state index contributed by atoms with van der Waals surface area (Å²) in [6.07, 6.45) is 3.34. The molecule has 0 unspecified atom stereocenters. The van der Waals surface area contributed by atoms with Gasteiger partial charge in [-0.15, -0.1) is 0 Å². The van der Waals surface area contributed by atoms with Gasteiger partial charge >= 0.3 is 0 Å². The number of hydrogen-bond donors (Lipinski definition) is 1. The Kier molecular flexibility index (Phi) is 4.39. The highest BCUT2D eigenvalue weighted by Gasteiger charge is 2.15. The lowest BCUT2D eigenvalue weighted by molar-refractivity contribution is -0.117. The predicted molar refractivity (Wildman–Crippen MR) is 51.6 cm³/mol. The summed E-state index contributed by atoms with van der Waals surface area (Å²) in [7, 11) is 0. The van der Waals surface area contributed by atoms with Crippen molar-refractivity contribution in [2.45, 2.75) is 38.7 Å². The molecule has 0 amide bonds. The maximum absolute atomic E-state index is 10.7. The van der Waals surface area contributed by atoms with E-state index in [-0.39, 0.29) is 11.9 Å². The molecule has 1 saturated heterocycles. The van der Waals surface area contributed by atoms with Crippen LogP contribution in [0.5, 0.6) is 0 Å². The van der Waals surface area contributed by atoms with Gasteiger partial charge in [0, 0.05) is 19.5 Å². The van der Waals surface area contributed by atoms with E-state index >= 15 is 0 Å². The summed E-state index contributed by atoms with van der Waals surface area (Å²) in [6, 6.07) is 0. The number of carbonyl (C=O) groups is 1. The first kappa shape index (κ1) is 10.7. The predicted octanol–water partition coefficient (Wildman–Crippen LogP) is 0.812. The van der Waals surface area contributed by atoms with Crippen molar-refractivity contribution in [2.75, 3.05) is 19.6 Å². The van der Waals surface area contributed by atoms with E-state index in [1.165, 1.54) is 0 Å². The first-order valence-corrected chi connectivity index (χ1v) is 5.08. The van der Waals surface area contributed by atoms with Crippen molar-refractivity contribution in [3.05, 3.63) is 0 Å².